The molecule has 0 aromatic rings. The Morgan fingerprint density at radius 2 is 1.95 bits per heavy atom. The zero-order valence-electron chi connectivity index (χ0n) is 13.2. The summed E-state index contributed by atoms with van der Waals surface area (Å²) in [4.78, 5) is 12.4. The highest BCUT2D eigenvalue weighted by atomic mass is 32.2. The van der Waals surface area contributed by atoms with Crippen molar-refractivity contribution in [1.82, 2.24) is 4.72 Å². The zero-order chi connectivity index (χ0) is 15.4. The van der Waals surface area contributed by atoms with Crippen LogP contribution in [0.3, 0.4) is 0 Å². The molecule has 5 heteroatoms. The molecule has 0 aliphatic heterocycles. The van der Waals surface area contributed by atoms with Crippen molar-refractivity contribution < 1.29 is 13.2 Å². The maximum Gasteiger partial charge on any atom is 0.213 e. The predicted molar refractivity (Wildman–Crippen MR) is 79.9 cm³/mol. The van der Waals surface area contributed by atoms with E-state index in [9.17, 15) is 13.2 Å². The van der Waals surface area contributed by atoms with E-state index >= 15 is 0 Å². The van der Waals surface area contributed by atoms with E-state index in [1.165, 1.54) is 0 Å². The van der Waals surface area contributed by atoms with Crippen LogP contribution in [0.15, 0.2) is 0 Å². The molecule has 0 aromatic heterocycles. The maximum absolute atomic E-state index is 12.5. The van der Waals surface area contributed by atoms with Crippen molar-refractivity contribution in [3.8, 4) is 0 Å². The molecular weight excluding hydrogens is 274 g/mol. The minimum Gasteiger partial charge on any atom is -0.299 e. The van der Waals surface area contributed by atoms with Crippen molar-refractivity contribution in [1.29, 1.82) is 0 Å². The molecule has 0 spiro atoms. The van der Waals surface area contributed by atoms with Gasteiger partial charge in [-0.2, -0.15) is 0 Å². The molecule has 2 aliphatic carbocycles. The molecule has 0 heterocycles. The summed E-state index contributed by atoms with van der Waals surface area (Å²) in [6.45, 7) is 9.84. The van der Waals surface area contributed by atoms with Gasteiger partial charge in [0.25, 0.3) is 0 Å². The van der Waals surface area contributed by atoms with Gasteiger partial charge < -0.3 is 0 Å². The number of hydrogen-bond acceptors (Lipinski definition) is 3. The van der Waals surface area contributed by atoms with Crippen molar-refractivity contribution >= 4 is 15.8 Å². The van der Waals surface area contributed by atoms with E-state index in [2.05, 4.69) is 18.6 Å². The highest BCUT2D eigenvalue weighted by molar-refractivity contribution is 7.89. The Bertz CT molecular complexity index is 521. The fourth-order valence-electron chi connectivity index (χ4n) is 3.96. The van der Waals surface area contributed by atoms with Crippen LogP contribution in [-0.4, -0.2) is 25.5 Å². The van der Waals surface area contributed by atoms with Crippen LogP contribution < -0.4 is 4.72 Å². The normalized spacial score (nSPS) is 32.9. The first-order valence-electron chi connectivity index (χ1n) is 7.51. The number of nitrogens with one attached hydrogen (secondary N) is 1. The van der Waals surface area contributed by atoms with Crippen LogP contribution in [0.2, 0.25) is 0 Å². The van der Waals surface area contributed by atoms with Gasteiger partial charge in [-0.25, -0.2) is 13.1 Å². The van der Waals surface area contributed by atoms with Crippen molar-refractivity contribution in [2.24, 2.45) is 16.7 Å². The van der Waals surface area contributed by atoms with Gasteiger partial charge in [0.2, 0.25) is 10.0 Å². The topological polar surface area (TPSA) is 63.2 Å². The van der Waals surface area contributed by atoms with Crippen LogP contribution >= 0.6 is 0 Å². The molecule has 2 fully saturated rings. The second kappa shape index (κ2) is 4.54. The van der Waals surface area contributed by atoms with Gasteiger partial charge in [0.1, 0.15) is 5.78 Å². The minimum atomic E-state index is -3.45. The highest BCUT2D eigenvalue weighted by Gasteiger charge is 2.65. The number of ketones is 1. The molecule has 2 aliphatic rings. The number of Topliss-reactive ketones (excluding diaryl/α,β-unsaturated/α-hetero) is 1. The molecule has 4 nitrogen and oxygen atoms in total. The first kappa shape index (κ1) is 16.0. The summed E-state index contributed by atoms with van der Waals surface area (Å²) in [6.07, 6.45) is 2.97. The lowest BCUT2D eigenvalue weighted by Gasteiger charge is -2.37. The standard InChI is InChI=1S/C15H27NO3S/c1-6-13(2,3)16-20(18,19)10-15-8-7-11(9-12(15)17)14(15,4)5/h11,16H,6-10H2,1-5H3. The van der Waals surface area contributed by atoms with Crippen LogP contribution in [0.1, 0.15) is 60.3 Å². The van der Waals surface area contributed by atoms with Crippen molar-refractivity contribution in [2.75, 3.05) is 5.75 Å². The molecule has 0 aromatic carbocycles. The van der Waals surface area contributed by atoms with Crippen molar-refractivity contribution in [3.05, 3.63) is 0 Å². The van der Waals surface area contributed by atoms with Gasteiger partial charge >= 0.3 is 0 Å². The van der Waals surface area contributed by atoms with E-state index in [4.69, 9.17) is 0 Å². The molecular formula is C15H27NO3S. The lowest BCUT2D eigenvalue weighted by molar-refractivity contribution is -0.128. The molecule has 2 bridgehead atoms. The van der Waals surface area contributed by atoms with E-state index in [1.54, 1.807) is 0 Å². The molecule has 0 radical (unpaired) electrons. The summed E-state index contributed by atoms with van der Waals surface area (Å²) in [5.74, 6) is 0.453. The number of rotatable bonds is 5. The van der Waals surface area contributed by atoms with Crippen LogP contribution in [-0.2, 0) is 14.8 Å². The summed E-state index contributed by atoms with van der Waals surface area (Å²) in [6, 6.07) is 0. The number of carbonyl (C=O) groups excluding carboxylic acids is 1. The summed E-state index contributed by atoms with van der Waals surface area (Å²) in [5.41, 5.74) is -1.33. The first-order valence-corrected chi connectivity index (χ1v) is 9.16. The molecule has 2 saturated carbocycles. The summed E-state index contributed by atoms with van der Waals surface area (Å²) >= 11 is 0. The van der Waals surface area contributed by atoms with E-state index in [0.29, 0.717) is 12.3 Å². The quantitative estimate of drug-likeness (QED) is 0.848. The van der Waals surface area contributed by atoms with Gasteiger partial charge in [-0.3, -0.25) is 4.79 Å². The Labute approximate surface area is 122 Å². The molecule has 2 rings (SSSR count). The molecule has 116 valence electrons. The summed E-state index contributed by atoms with van der Waals surface area (Å²) < 4.78 is 27.8. The largest absolute Gasteiger partial charge is 0.299 e. The number of fused-ring (bicyclic) bond motifs is 2. The van der Waals surface area contributed by atoms with Crippen LogP contribution in [0, 0.1) is 16.7 Å². The number of carbonyl (C=O) groups is 1. The van der Waals surface area contributed by atoms with Gasteiger partial charge in [0, 0.05) is 17.4 Å². The Morgan fingerprint density at radius 3 is 2.35 bits per heavy atom. The van der Waals surface area contributed by atoms with E-state index in [1.807, 2.05) is 20.8 Å². The third-order valence-corrected chi connectivity index (χ3v) is 7.63. The monoisotopic (exact) mass is 301 g/mol. The summed E-state index contributed by atoms with van der Waals surface area (Å²) in [5, 5.41) is 0. The van der Waals surface area contributed by atoms with Crippen LogP contribution in [0.25, 0.3) is 0 Å². The fourth-order valence-corrected chi connectivity index (χ4v) is 6.35. The average molecular weight is 301 g/mol. The van der Waals surface area contributed by atoms with Crippen molar-refractivity contribution in [2.45, 2.75) is 65.8 Å². The Hall–Kier alpha value is -0.420. The third kappa shape index (κ3) is 2.33. The van der Waals surface area contributed by atoms with Gasteiger partial charge in [0.15, 0.2) is 0 Å². The average Bonchev–Trinajstić information content (AvgIpc) is 2.60. The van der Waals surface area contributed by atoms with Crippen LogP contribution in [0.4, 0.5) is 0 Å². The number of hydrogen-bond donors (Lipinski definition) is 1. The lowest BCUT2D eigenvalue weighted by atomic mass is 9.70. The molecule has 2 unspecified atom stereocenters. The second-order valence-electron chi connectivity index (χ2n) is 7.77. The van der Waals surface area contributed by atoms with Gasteiger partial charge in [-0.05, 0) is 44.4 Å². The lowest BCUT2D eigenvalue weighted by Crippen LogP contribution is -2.50. The predicted octanol–water partition coefficient (Wildman–Crippen LogP) is 2.49. The zero-order valence-corrected chi connectivity index (χ0v) is 14.1. The SMILES string of the molecule is CCC(C)(C)NS(=O)(=O)CC12CCC(CC1=O)C2(C)C. The van der Waals surface area contributed by atoms with E-state index in [-0.39, 0.29) is 17.0 Å². The Balaban J connectivity index is 2.27. The van der Waals surface area contributed by atoms with E-state index < -0.39 is 21.0 Å². The van der Waals surface area contributed by atoms with Gasteiger partial charge in [0.05, 0.1) is 5.75 Å². The Morgan fingerprint density at radius 1 is 1.35 bits per heavy atom. The number of sulfonamides is 1. The molecule has 2 atom stereocenters. The Kier molecular flexibility index (Phi) is 3.62. The minimum absolute atomic E-state index is 0.0498. The molecule has 0 saturated heterocycles. The second-order valence-corrected chi connectivity index (χ2v) is 9.49. The summed E-state index contributed by atoms with van der Waals surface area (Å²) in [7, 11) is -3.45. The smallest absolute Gasteiger partial charge is 0.213 e. The third-order valence-electron chi connectivity index (χ3n) is 5.89. The highest BCUT2D eigenvalue weighted by Crippen LogP contribution is 2.64. The van der Waals surface area contributed by atoms with Crippen molar-refractivity contribution in [3.63, 3.8) is 0 Å². The fraction of sp³-hybridized carbons (Fsp3) is 0.933. The van der Waals surface area contributed by atoms with Crippen LogP contribution in [0.5, 0.6) is 0 Å². The molecule has 1 N–H and O–H groups in total. The first-order chi connectivity index (χ1) is 8.96. The molecule has 0 amide bonds. The maximum atomic E-state index is 12.5. The van der Waals surface area contributed by atoms with Gasteiger partial charge in [-0.15, -0.1) is 0 Å². The molecule has 20 heavy (non-hydrogen) atoms. The van der Waals surface area contributed by atoms with Gasteiger partial charge in [-0.1, -0.05) is 20.8 Å². The van der Waals surface area contributed by atoms with E-state index in [0.717, 1.165) is 19.3 Å².